The van der Waals surface area contributed by atoms with Gasteiger partial charge in [0.1, 0.15) is 10.9 Å². The molecule has 1 aromatic carbocycles. The van der Waals surface area contributed by atoms with Crippen LogP contribution in [0, 0.1) is 0 Å². The van der Waals surface area contributed by atoms with E-state index in [0.717, 1.165) is 5.69 Å². The summed E-state index contributed by atoms with van der Waals surface area (Å²) >= 11 is 5.18. The second-order valence-corrected chi connectivity index (χ2v) is 4.32. The van der Waals surface area contributed by atoms with E-state index >= 15 is 0 Å². The third kappa shape index (κ3) is 3.35. The smallest absolute Gasteiger partial charge is 0.319 e. The van der Waals surface area contributed by atoms with E-state index in [1.165, 1.54) is 0 Å². The first kappa shape index (κ1) is 13.2. The molecule has 96 valence electrons. The van der Waals surface area contributed by atoms with Crippen molar-refractivity contribution in [2.45, 2.75) is 5.92 Å². The van der Waals surface area contributed by atoms with E-state index in [9.17, 15) is 9.90 Å². The molecule has 0 radical (unpaired) electrons. The third-order valence-corrected chi connectivity index (χ3v) is 2.87. The Hall–Kier alpha value is -2.27. The molecule has 1 unspecified atom stereocenters. The van der Waals surface area contributed by atoms with Gasteiger partial charge in [0.05, 0.1) is 5.69 Å². The summed E-state index contributed by atoms with van der Waals surface area (Å²) < 4.78 is 0. The molecule has 0 bridgehead atoms. The van der Waals surface area contributed by atoms with Crippen molar-refractivity contribution in [1.82, 2.24) is 4.98 Å². The number of nitrogens with one attached hydrogen (secondary N) is 1. The molecule has 0 fully saturated rings. The molecule has 1 aromatic heterocycles. The summed E-state index contributed by atoms with van der Waals surface area (Å²) in [5, 5.41) is 12.2. The van der Waals surface area contributed by atoms with Gasteiger partial charge in [-0.1, -0.05) is 36.5 Å². The maximum absolute atomic E-state index is 11.4. The molecule has 19 heavy (non-hydrogen) atoms. The number of carbonyl (C=O) groups is 1. The van der Waals surface area contributed by atoms with Crippen LogP contribution >= 0.6 is 12.2 Å². The van der Waals surface area contributed by atoms with Crippen molar-refractivity contribution in [3.63, 3.8) is 0 Å². The minimum absolute atomic E-state index is 0.220. The largest absolute Gasteiger partial charge is 0.480 e. The second-order valence-electron chi connectivity index (χ2n) is 3.88. The van der Waals surface area contributed by atoms with Gasteiger partial charge < -0.3 is 10.4 Å². The number of benzene rings is 1. The summed E-state index contributed by atoms with van der Waals surface area (Å²) in [6.07, 6.45) is 1.55. The number of thiocarbonyl (C=S) groups is 1. The number of rotatable bonds is 4. The molecular weight excluding hydrogens is 260 g/mol. The first-order valence-electron chi connectivity index (χ1n) is 5.68. The van der Waals surface area contributed by atoms with Crippen LogP contribution in [0.4, 0.5) is 5.69 Å². The number of hydrogen-bond acceptors (Lipinski definition) is 3. The normalized spacial score (nSPS) is 11.6. The zero-order valence-corrected chi connectivity index (χ0v) is 10.8. The lowest BCUT2D eigenvalue weighted by atomic mass is 10.0. The summed E-state index contributed by atoms with van der Waals surface area (Å²) in [6, 6.07) is 14.3. The number of carboxylic acids is 1. The highest BCUT2D eigenvalue weighted by atomic mass is 32.1. The quantitative estimate of drug-likeness (QED) is 0.838. The third-order valence-electron chi connectivity index (χ3n) is 2.53. The zero-order chi connectivity index (χ0) is 13.7. The molecule has 2 N–H and O–H groups in total. The SMILES string of the molecule is O=C(O)C(C(=S)Nc1ccccc1)c1ccccn1. The van der Waals surface area contributed by atoms with Gasteiger partial charge in [-0.05, 0) is 24.3 Å². The Morgan fingerprint density at radius 3 is 2.42 bits per heavy atom. The van der Waals surface area contributed by atoms with Crippen LogP contribution in [0.5, 0.6) is 0 Å². The minimum Gasteiger partial charge on any atom is -0.480 e. The van der Waals surface area contributed by atoms with Crippen LogP contribution in [-0.4, -0.2) is 21.0 Å². The van der Waals surface area contributed by atoms with Gasteiger partial charge in [-0.15, -0.1) is 0 Å². The maximum atomic E-state index is 11.4. The van der Waals surface area contributed by atoms with Crippen molar-refractivity contribution in [1.29, 1.82) is 0 Å². The predicted molar refractivity (Wildman–Crippen MR) is 77.3 cm³/mol. The van der Waals surface area contributed by atoms with E-state index in [2.05, 4.69) is 10.3 Å². The number of nitrogens with zero attached hydrogens (tertiary/aromatic N) is 1. The van der Waals surface area contributed by atoms with Crippen LogP contribution in [0.2, 0.25) is 0 Å². The van der Waals surface area contributed by atoms with Crippen LogP contribution in [0.25, 0.3) is 0 Å². The van der Waals surface area contributed by atoms with Crippen molar-refractivity contribution < 1.29 is 9.90 Å². The van der Waals surface area contributed by atoms with Gasteiger partial charge in [0.25, 0.3) is 0 Å². The van der Waals surface area contributed by atoms with E-state index in [4.69, 9.17) is 12.2 Å². The molecule has 5 heteroatoms. The van der Waals surface area contributed by atoms with E-state index in [-0.39, 0.29) is 4.99 Å². The van der Waals surface area contributed by atoms with Gasteiger partial charge in [0.15, 0.2) is 0 Å². The molecule has 0 aliphatic carbocycles. The number of carboxylic acid groups (broad SMARTS) is 1. The number of aromatic nitrogens is 1. The fourth-order valence-corrected chi connectivity index (χ4v) is 2.00. The Kier molecular flexibility index (Phi) is 4.20. The lowest BCUT2D eigenvalue weighted by Crippen LogP contribution is -2.26. The fraction of sp³-hybridized carbons (Fsp3) is 0.0714. The molecule has 0 aliphatic heterocycles. The van der Waals surface area contributed by atoms with Crippen LogP contribution in [0.1, 0.15) is 11.6 Å². The van der Waals surface area contributed by atoms with E-state index in [1.807, 2.05) is 30.3 Å². The molecule has 0 saturated heterocycles. The van der Waals surface area contributed by atoms with Gasteiger partial charge >= 0.3 is 5.97 Å². The minimum atomic E-state index is -1.02. The van der Waals surface area contributed by atoms with Crippen LogP contribution < -0.4 is 5.32 Å². The number of para-hydroxylation sites is 1. The van der Waals surface area contributed by atoms with Crippen molar-refractivity contribution in [3.05, 3.63) is 60.4 Å². The topological polar surface area (TPSA) is 62.2 Å². The highest BCUT2D eigenvalue weighted by Crippen LogP contribution is 2.18. The van der Waals surface area contributed by atoms with Crippen LogP contribution in [0.15, 0.2) is 54.7 Å². The Bertz CT molecular complexity index is 573. The number of pyridine rings is 1. The Morgan fingerprint density at radius 1 is 1.16 bits per heavy atom. The molecule has 2 rings (SSSR count). The van der Waals surface area contributed by atoms with Gasteiger partial charge in [-0.25, -0.2) is 0 Å². The van der Waals surface area contributed by atoms with Crippen molar-refractivity contribution in [3.8, 4) is 0 Å². The molecular formula is C14H12N2O2S. The molecule has 0 spiro atoms. The molecule has 0 saturated carbocycles. The van der Waals surface area contributed by atoms with Crippen LogP contribution in [0.3, 0.4) is 0 Å². The standard InChI is InChI=1S/C14H12N2O2S/c17-14(18)12(11-8-4-5-9-15-11)13(19)16-10-6-2-1-3-7-10/h1-9,12H,(H,16,19)(H,17,18). The molecule has 1 heterocycles. The summed E-state index contributed by atoms with van der Waals surface area (Å²) in [5.41, 5.74) is 1.18. The highest BCUT2D eigenvalue weighted by Gasteiger charge is 2.26. The Labute approximate surface area is 116 Å². The van der Waals surface area contributed by atoms with Crippen molar-refractivity contribution in [2.24, 2.45) is 0 Å². The van der Waals surface area contributed by atoms with Gasteiger partial charge in [0.2, 0.25) is 0 Å². The summed E-state index contributed by atoms with van der Waals surface area (Å²) in [7, 11) is 0. The summed E-state index contributed by atoms with van der Waals surface area (Å²) in [4.78, 5) is 15.6. The molecule has 2 aromatic rings. The number of anilines is 1. The first-order chi connectivity index (χ1) is 9.18. The lowest BCUT2D eigenvalue weighted by Gasteiger charge is -2.15. The summed E-state index contributed by atoms with van der Waals surface area (Å²) in [6.45, 7) is 0. The number of hydrogen-bond donors (Lipinski definition) is 2. The molecule has 0 aliphatic rings. The Balaban J connectivity index is 2.21. The Morgan fingerprint density at radius 2 is 1.84 bits per heavy atom. The maximum Gasteiger partial charge on any atom is 0.319 e. The second kappa shape index (κ2) is 6.06. The highest BCUT2D eigenvalue weighted by molar-refractivity contribution is 7.80. The first-order valence-corrected chi connectivity index (χ1v) is 6.09. The molecule has 1 atom stereocenters. The fourth-order valence-electron chi connectivity index (χ4n) is 1.66. The van der Waals surface area contributed by atoms with Crippen molar-refractivity contribution in [2.75, 3.05) is 5.32 Å². The van der Waals surface area contributed by atoms with Gasteiger partial charge in [0, 0.05) is 11.9 Å². The summed E-state index contributed by atoms with van der Waals surface area (Å²) in [5.74, 6) is -1.97. The van der Waals surface area contributed by atoms with Crippen LogP contribution in [-0.2, 0) is 4.79 Å². The van der Waals surface area contributed by atoms with Gasteiger partial charge in [-0.3, -0.25) is 9.78 Å². The van der Waals surface area contributed by atoms with E-state index in [1.54, 1.807) is 24.4 Å². The van der Waals surface area contributed by atoms with Crippen molar-refractivity contribution >= 4 is 28.9 Å². The average Bonchev–Trinajstić information content (AvgIpc) is 2.40. The zero-order valence-electron chi connectivity index (χ0n) is 9.98. The van der Waals surface area contributed by atoms with E-state index < -0.39 is 11.9 Å². The predicted octanol–water partition coefficient (Wildman–Crippen LogP) is 2.69. The lowest BCUT2D eigenvalue weighted by molar-refractivity contribution is -0.137. The average molecular weight is 272 g/mol. The van der Waals surface area contributed by atoms with E-state index in [0.29, 0.717) is 5.69 Å². The molecule has 4 nitrogen and oxygen atoms in total. The van der Waals surface area contributed by atoms with Gasteiger partial charge in [-0.2, -0.15) is 0 Å². The molecule has 0 amide bonds. The monoisotopic (exact) mass is 272 g/mol. The number of aliphatic carboxylic acids is 1.